The quantitative estimate of drug-likeness (QED) is 0.828. The summed E-state index contributed by atoms with van der Waals surface area (Å²) in [5, 5.41) is 1.02. The molecule has 23 heavy (non-hydrogen) atoms. The summed E-state index contributed by atoms with van der Waals surface area (Å²) >= 11 is 0. The molecule has 124 valence electrons. The van der Waals surface area contributed by atoms with Gasteiger partial charge in [-0.1, -0.05) is 0 Å². The zero-order chi connectivity index (χ0) is 16.1. The maximum absolute atomic E-state index is 11.4. The number of aromatic nitrogens is 1. The van der Waals surface area contributed by atoms with E-state index in [2.05, 4.69) is 21.8 Å². The number of fused-ring (bicyclic) bond motifs is 1. The number of nitrogens with zero attached hydrogens (tertiary/aromatic N) is 2. The predicted octanol–water partition coefficient (Wildman–Crippen LogP) is 1.93. The monoisotopic (exact) mass is 315 g/mol. The van der Waals surface area contributed by atoms with Crippen LogP contribution in [0.15, 0.2) is 35.1 Å². The number of pyridine rings is 1. The van der Waals surface area contributed by atoms with E-state index in [4.69, 9.17) is 4.74 Å². The highest BCUT2D eigenvalue weighted by Gasteiger charge is 2.12. The fraction of sp³-hybridized carbons (Fsp3) is 0.500. The first-order valence-corrected chi connectivity index (χ1v) is 8.37. The average molecular weight is 315 g/mol. The van der Waals surface area contributed by atoms with Crippen LogP contribution in [0, 0.1) is 0 Å². The third-order valence-electron chi connectivity index (χ3n) is 4.43. The molecule has 3 rings (SSSR count). The molecule has 1 fully saturated rings. The Morgan fingerprint density at radius 2 is 1.87 bits per heavy atom. The number of rotatable bonds is 6. The molecule has 1 aliphatic rings. The molecule has 2 heterocycles. The summed E-state index contributed by atoms with van der Waals surface area (Å²) in [6, 6.07) is 9.21. The lowest BCUT2D eigenvalue weighted by Gasteiger charge is -2.32. The number of hydrogen-bond donors (Lipinski definition) is 1. The highest BCUT2D eigenvalue weighted by atomic mass is 16.5. The van der Waals surface area contributed by atoms with E-state index in [0.29, 0.717) is 0 Å². The van der Waals surface area contributed by atoms with Gasteiger partial charge >= 0.3 is 0 Å². The van der Waals surface area contributed by atoms with Crippen molar-refractivity contribution in [2.24, 2.45) is 0 Å². The Hall–Kier alpha value is -1.85. The average Bonchev–Trinajstić information content (AvgIpc) is 2.56. The molecule has 0 bridgehead atoms. The molecule has 1 aliphatic heterocycles. The van der Waals surface area contributed by atoms with Gasteiger partial charge in [0.15, 0.2) is 0 Å². The van der Waals surface area contributed by atoms with Crippen molar-refractivity contribution in [1.82, 2.24) is 14.8 Å². The Labute approximate surface area is 136 Å². The van der Waals surface area contributed by atoms with Gasteiger partial charge in [-0.15, -0.1) is 0 Å². The number of aromatic amines is 1. The summed E-state index contributed by atoms with van der Waals surface area (Å²) < 4.78 is 5.81. The van der Waals surface area contributed by atoms with Gasteiger partial charge < -0.3 is 19.5 Å². The van der Waals surface area contributed by atoms with Crippen molar-refractivity contribution >= 4 is 10.9 Å². The van der Waals surface area contributed by atoms with Gasteiger partial charge in [-0.05, 0) is 50.0 Å². The van der Waals surface area contributed by atoms with Gasteiger partial charge in [0.2, 0.25) is 5.56 Å². The van der Waals surface area contributed by atoms with E-state index in [-0.39, 0.29) is 5.56 Å². The van der Waals surface area contributed by atoms with Crippen LogP contribution in [0.2, 0.25) is 0 Å². The van der Waals surface area contributed by atoms with Gasteiger partial charge in [0.25, 0.3) is 0 Å². The van der Waals surface area contributed by atoms with Crippen LogP contribution in [0.4, 0.5) is 0 Å². The van der Waals surface area contributed by atoms with Crippen LogP contribution in [0.5, 0.6) is 5.75 Å². The molecule has 1 aromatic heterocycles. The summed E-state index contributed by atoms with van der Waals surface area (Å²) in [6.45, 7) is 6.57. The lowest BCUT2D eigenvalue weighted by Crippen LogP contribution is -2.44. The molecule has 0 radical (unpaired) electrons. The number of ether oxygens (including phenoxy) is 1. The summed E-state index contributed by atoms with van der Waals surface area (Å²) in [4.78, 5) is 19.1. The fourth-order valence-corrected chi connectivity index (χ4v) is 2.92. The minimum atomic E-state index is -0.0816. The SMILES string of the molecule is CN1CCN(CCCCOc2ccc3ccc(=O)[nH]c3c2)CC1. The molecule has 0 aliphatic carbocycles. The first-order valence-electron chi connectivity index (χ1n) is 8.37. The number of likely N-dealkylation sites (N-methyl/N-ethyl adjacent to an activating group) is 1. The van der Waals surface area contributed by atoms with E-state index in [0.717, 1.165) is 42.6 Å². The van der Waals surface area contributed by atoms with E-state index in [9.17, 15) is 4.79 Å². The molecule has 0 unspecified atom stereocenters. The molecule has 5 nitrogen and oxygen atoms in total. The van der Waals surface area contributed by atoms with Gasteiger partial charge in [0, 0.05) is 38.3 Å². The fourth-order valence-electron chi connectivity index (χ4n) is 2.92. The Morgan fingerprint density at radius 3 is 2.70 bits per heavy atom. The van der Waals surface area contributed by atoms with Crippen molar-refractivity contribution in [3.63, 3.8) is 0 Å². The van der Waals surface area contributed by atoms with Crippen LogP contribution in [0.25, 0.3) is 10.9 Å². The number of unbranched alkanes of at least 4 members (excludes halogenated alkanes) is 1. The van der Waals surface area contributed by atoms with Crippen LogP contribution in [0.1, 0.15) is 12.8 Å². The first kappa shape index (κ1) is 16.0. The topological polar surface area (TPSA) is 48.6 Å². The van der Waals surface area contributed by atoms with Crippen molar-refractivity contribution in [2.75, 3.05) is 46.4 Å². The second-order valence-electron chi connectivity index (χ2n) is 6.27. The number of H-pyrrole nitrogens is 1. The van der Waals surface area contributed by atoms with E-state index in [1.165, 1.54) is 26.2 Å². The van der Waals surface area contributed by atoms with E-state index >= 15 is 0 Å². The molecule has 0 spiro atoms. The zero-order valence-electron chi connectivity index (χ0n) is 13.8. The molecule has 1 saturated heterocycles. The Morgan fingerprint density at radius 1 is 1.09 bits per heavy atom. The highest BCUT2D eigenvalue weighted by Crippen LogP contribution is 2.18. The summed E-state index contributed by atoms with van der Waals surface area (Å²) in [6.07, 6.45) is 2.21. The lowest BCUT2D eigenvalue weighted by molar-refractivity contribution is 0.150. The van der Waals surface area contributed by atoms with Crippen LogP contribution in [-0.2, 0) is 0 Å². The van der Waals surface area contributed by atoms with Crippen LogP contribution in [0.3, 0.4) is 0 Å². The van der Waals surface area contributed by atoms with E-state index in [1.54, 1.807) is 6.07 Å². The zero-order valence-corrected chi connectivity index (χ0v) is 13.8. The summed E-state index contributed by atoms with van der Waals surface area (Å²) in [5.74, 6) is 0.818. The largest absolute Gasteiger partial charge is 0.494 e. The molecule has 0 amide bonds. The second-order valence-corrected chi connectivity index (χ2v) is 6.27. The van der Waals surface area contributed by atoms with Crippen molar-refractivity contribution in [1.29, 1.82) is 0 Å². The Bertz CT molecular complexity index is 690. The first-order chi connectivity index (χ1) is 11.2. The lowest BCUT2D eigenvalue weighted by atomic mass is 10.2. The summed E-state index contributed by atoms with van der Waals surface area (Å²) in [7, 11) is 2.18. The van der Waals surface area contributed by atoms with Crippen LogP contribution >= 0.6 is 0 Å². The molecule has 2 aromatic rings. The normalized spacial score (nSPS) is 16.7. The van der Waals surface area contributed by atoms with E-state index in [1.807, 2.05) is 24.3 Å². The molecule has 1 aromatic carbocycles. The van der Waals surface area contributed by atoms with Gasteiger partial charge in [-0.25, -0.2) is 0 Å². The van der Waals surface area contributed by atoms with Crippen LogP contribution < -0.4 is 10.3 Å². The van der Waals surface area contributed by atoms with Crippen molar-refractivity contribution in [3.8, 4) is 5.75 Å². The maximum Gasteiger partial charge on any atom is 0.248 e. The van der Waals surface area contributed by atoms with Gasteiger partial charge in [0.1, 0.15) is 5.75 Å². The number of nitrogens with one attached hydrogen (secondary N) is 1. The molecule has 1 N–H and O–H groups in total. The standard InChI is InChI=1S/C18H25N3O2/c1-20-9-11-21(12-10-20)8-2-3-13-23-16-6-4-15-5-7-18(22)19-17(15)14-16/h4-7,14H,2-3,8-13H2,1H3,(H,19,22). The second kappa shape index (κ2) is 7.62. The Kier molecular flexibility index (Phi) is 5.31. The third kappa shape index (κ3) is 4.56. The molecular formula is C18H25N3O2. The Balaban J connectivity index is 1.41. The van der Waals surface area contributed by atoms with Crippen LogP contribution in [-0.4, -0.2) is 61.2 Å². The van der Waals surface area contributed by atoms with Crippen molar-refractivity contribution in [2.45, 2.75) is 12.8 Å². The molecule has 0 saturated carbocycles. The van der Waals surface area contributed by atoms with Gasteiger partial charge in [0.05, 0.1) is 12.1 Å². The molecule has 0 atom stereocenters. The van der Waals surface area contributed by atoms with Gasteiger partial charge in [-0.2, -0.15) is 0 Å². The number of benzene rings is 1. The molecular weight excluding hydrogens is 290 g/mol. The van der Waals surface area contributed by atoms with Crippen molar-refractivity contribution in [3.05, 3.63) is 40.7 Å². The minimum absolute atomic E-state index is 0.0816. The third-order valence-corrected chi connectivity index (χ3v) is 4.43. The maximum atomic E-state index is 11.4. The number of piperazine rings is 1. The van der Waals surface area contributed by atoms with E-state index < -0.39 is 0 Å². The highest BCUT2D eigenvalue weighted by molar-refractivity contribution is 5.79. The van der Waals surface area contributed by atoms with Gasteiger partial charge in [-0.3, -0.25) is 4.79 Å². The number of hydrogen-bond acceptors (Lipinski definition) is 4. The smallest absolute Gasteiger partial charge is 0.248 e. The molecule has 5 heteroatoms. The minimum Gasteiger partial charge on any atom is -0.494 e. The summed E-state index contributed by atoms with van der Waals surface area (Å²) in [5.41, 5.74) is 0.745. The predicted molar refractivity (Wildman–Crippen MR) is 93.2 cm³/mol. The van der Waals surface area contributed by atoms with Crippen molar-refractivity contribution < 1.29 is 4.74 Å².